The number of hydrogen-bond donors (Lipinski definition) is 0. The van der Waals surface area contributed by atoms with E-state index < -0.39 is 11.7 Å². The topological polar surface area (TPSA) is 6.48 Å². The monoisotopic (exact) mass is 338 g/mol. The Kier molecular flexibility index (Phi) is 5.61. The minimum absolute atomic E-state index is 0.385. The quantitative estimate of drug-likeness (QED) is 0.760. The van der Waals surface area contributed by atoms with Gasteiger partial charge in [0, 0.05) is 39.3 Å². The summed E-state index contributed by atoms with van der Waals surface area (Å²) in [6.07, 6.45) is 3.87. The van der Waals surface area contributed by atoms with E-state index in [-0.39, 0.29) is 0 Å². The van der Waals surface area contributed by atoms with E-state index in [0.29, 0.717) is 12.1 Å². The first-order chi connectivity index (χ1) is 11.5. The van der Waals surface area contributed by atoms with Crippen molar-refractivity contribution < 1.29 is 13.2 Å². The van der Waals surface area contributed by atoms with Crippen molar-refractivity contribution in [2.45, 2.75) is 32.0 Å². The molecule has 0 spiro atoms. The van der Waals surface area contributed by atoms with Gasteiger partial charge in [0.2, 0.25) is 0 Å². The summed E-state index contributed by atoms with van der Waals surface area (Å²) in [6, 6.07) is 5.94. The second kappa shape index (κ2) is 7.70. The van der Waals surface area contributed by atoms with Crippen molar-refractivity contribution in [3.05, 3.63) is 47.5 Å². The van der Waals surface area contributed by atoms with Crippen LogP contribution in [0.15, 0.2) is 36.4 Å². The molecular formula is C19H25F3N2. The number of rotatable bonds is 4. The molecule has 3 rings (SSSR count). The van der Waals surface area contributed by atoms with E-state index in [1.807, 2.05) is 0 Å². The third-order valence-corrected chi connectivity index (χ3v) is 5.08. The van der Waals surface area contributed by atoms with Crippen LogP contribution in [0.4, 0.5) is 13.2 Å². The standard InChI is InChI=1S/C19H25F3N2/c20-19(21,22)18-9-5-4-8-17(18)15-24-12-10-23(11-13-24)14-16-6-2-1-3-7-16/h1-2,4-5,8-9,16H,3,6-7,10-15H2. The largest absolute Gasteiger partial charge is 0.416 e. The number of hydrogen-bond acceptors (Lipinski definition) is 2. The van der Waals surface area contributed by atoms with Gasteiger partial charge < -0.3 is 4.90 Å². The van der Waals surface area contributed by atoms with Gasteiger partial charge in [-0.15, -0.1) is 0 Å². The molecule has 0 amide bonds. The van der Waals surface area contributed by atoms with Gasteiger partial charge >= 0.3 is 6.18 Å². The molecule has 1 unspecified atom stereocenters. The summed E-state index contributed by atoms with van der Waals surface area (Å²) in [6.45, 7) is 5.10. The maximum atomic E-state index is 13.1. The molecule has 1 fully saturated rings. The van der Waals surface area contributed by atoms with Crippen LogP contribution in [0.1, 0.15) is 30.4 Å². The molecule has 0 aromatic heterocycles. The van der Waals surface area contributed by atoms with Gasteiger partial charge in [0.1, 0.15) is 0 Å². The summed E-state index contributed by atoms with van der Waals surface area (Å²) in [7, 11) is 0. The molecule has 0 saturated carbocycles. The average Bonchev–Trinajstić information content (AvgIpc) is 2.57. The number of alkyl halides is 3. The molecule has 132 valence electrons. The Hall–Kier alpha value is -1.33. The highest BCUT2D eigenvalue weighted by Gasteiger charge is 2.33. The summed E-state index contributed by atoms with van der Waals surface area (Å²) in [5, 5.41) is 0. The fraction of sp³-hybridized carbons (Fsp3) is 0.579. The lowest BCUT2D eigenvalue weighted by Crippen LogP contribution is -2.47. The van der Waals surface area contributed by atoms with Crippen LogP contribution in [0.3, 0.4) is 0 Å². The minimum atomic E-state index is -4.27. The predicted octanol–water partition coefficient (Wildman–Crippen LogP) is 4.18. The molecule has 2 aliphatic rings. The van der Waals surface area contributed by atoms with E-state index in [4.69, 9.17) is 0 Å². The first kappa shape index (κ1) is 17.5. The zero-order valence-corrected chi connectivity index (χ0v) is 13.9. The van der Waals surface area contributed by atoms with E-state index in [1.165, 1.54) is 31.4 Å². The zero-order chi connectivity index (χ0) is 17.0. The molecule has 1 aromatic rings. The van der Waals surface area contributed by atoms with Gasteiger partial charge in [-0.1, -0.05) is 30.4 Å². The Morgan fingerprint density at radius 3 is 2.33 bits per heavy atom. The Balaban J connectivity index is 1.52. The van der Waals surface area contributed by atoms with Crippen LogP contribution in [-0.4, -0.2) is 42.5 Å². The second-order valence-electron chi connectivity index (χ2n) is 6.88. The molecule has 0 radical (unpaired) electrons. The van der Waals surface area contributed by atoms with E-state index in [1.54, 1.807) is 12.1 Å². The van der Waals surface area contributed by atoms with Gasteiger partial charge in [0.15, 0.2) is 0 Å². The highest BCUT2D eigenvalue weighted by molar-refractivity contribution is 5.29. The molecule has 0 bridgehead atoms. The summed E-state index contributed by atoms with van der Waals surface area (Å²) in [5.74, 6) is 0.743. The highest BCUT2D eigenvalue weighted by atomic mass is 19.4. The summed E-state index contributed by atoms with van der Waals surface area (Å²) in [5.41, 5.74) is -0.114. The zero-order valence-electron chi connectivity index (χ0n) is 13.9. The molecule has 0 N–H and O–H groups in total. The summed E-state index contributed by atoms with van der Waals surface area (Å²) >= 11 is 0. The van der Waals surface area contributed by atoms with E-state index in [2.05, 4.69) is 22.0 Å². The van der Waals surface area contributed by atoms with Gasteiger partial charge in [-0.3, -0.25) is 4.90 Å². The molecular weight excluding hydrogens is 313 g/mol. The Morgan fingerprint density at radius 1 is 0.958 bits per heavy atom. The van der Waals surface area contributed by atoms with Gasteiger partial charge in [-0.25, -0.2) is 0 Å². The first-order valence-corrected chi connectivity index (χ1v) is 8.77. The maximum absolute atomic E-state index is 13.1. The number of halogens is 3. The summed E-state index contributed by atoms with van der Waals surface area (Å²) in [4.78, 5) is 4.61. The second-order valence-corrected chi connectivity index (χ2v) is 6.88. The van der Waals surface area contributed by atoms with E-state index in [9.17, 15) is 13.2 Å². The normalized spacial score (nSPS) is 23.5. The number of benzene rings is 1. The molecule has 1 aliphatic heterocycles. The molecule has 2 nitrogen and oxygen atoms in total. The first-order valence-electron chi connectivity index (χ1n) is 8.77. The molecule has 1 heterocycles. The van der Waals surface area contributed by atoms with Crippen molar-refractivity contribution in [3.8, 4) is 0 Å². The van der Waals surface area contributed by atoms with Crippen molar-refractivity contribution in [1.82, 2.24) is 9.80 Å². The third kappa shape index (κ3) is 4.61. The van der Waals surface area contributed by atoms with Gasteiger partial charge in [-0.05, 0) is 36.8 Å². The molecule has 1 atom stereocenters. The maximum Gasteiger partial charge on any atom is 0.416 e. The Bertz CT molecular complexity index is 560. The van der Waals surface area contributed by atoms with Crippen LogP contribution >= 0.6 is 0 Å². The highest BCUT2D eigenvalue weighted by Crippen LogP contribution is 2.32. The molecule has 1 saturated heterocycles. The van der Waals surface area contributed by atoms with Gasteiger partial charge in [0.05, 0.1) is 5.56 Å². The smallest absolute Gasteiger partial charge is 0.301 e. The van der Waals surface area contributed by atoms with Gasteiger partial charge in [-0.2, -0.15) is 13.2 Å². The third-order valence-electron chi connectivity index (χ3n) is 5.08. The van der Waals surface area contributed by atoms with Crippen molar-refractivity contribution in [3.63, 3.8) is 0 Å². The lowest BCUT2D eigenvalue weighted by molar-refractivity contribution is -0.138. The lowest BCUT2D eigenvalue weighted by atomic mass is 9.94. The number of allylic oxidation sites excluding steroid dienone is 2. The molecule has 1 aromatic carbocycles. The van der Waals surface area contributed by atoms with Crippen LogP contribution in [0.25, 0.3) is 0 Å². The summed E-state index contributed by atoms with van der Waals surface area (Å²) < 4.78 is 39.3. The Morgan fingerprint density at radius 2 is 1.67 bits per heavy atom. The van der Waals surface area contributed by atoms with Crippen molar-refractivity contribution >= 4 is 0 Å². The van der Waals surface area contributed by atoms with Crippen molar-refractivity contribution in [2.24, 2.45) is 5.92 Å². The van der Waals surface area contributed by atoms with Crippen LogP contribution < -0.4 is 0 Å². The number of piperazine rings is 1. The Labute approximate surface area is 141 Å². The van der Waals surface area contributed by atoms with Gasteiger partial charge in [0.25, 0.3) is 0 Å². The average molecular weight is 338 g/mol. The van der Waals surface area contributed by atoms with Crippen LogP contribution in [0.2, 0.25) is 0 Å². The molecule has 1 aliphatic carbocycles. The number of nitrogens with zero attached hydrogens (tertiary/aromatic N) is 2. The van der Waals surface area contributed by atoms with Crippen LogP contribution in [0, 0.1) is 5.92 Å². The van der Waals surface area contributed by atoms with Crippen LogP contribution in [-0.2, 0) is 12.7 Å². The van der Waals surface area contributed by atoms with E-state index >= 15 is 0 Å². The van der Waals surface area contributed by atoms with Crippen LogP contribution in [0.5, 0.6) is 0 Å². The fourth-order valence-electron chi connectivity index (χ4n) is 3.69. The van der Waals surface area contributed by atoms with E-state index in [0.717, 1.165) is 38.6 Å². The lowest BCUT2D eigenvalue weighted by Gasteiger charge is -2.37. The SMILES string of the molecule is FC(F)(F)c1ccccc1CN1CCN(CC2CC=CCC2)CC1. The molecule has 5 heteroatoms. The minimum Gasteiger partial charge on any atom is -0.301 e. The van der Waals surface area contributed by atoms with Crippen molar-refractivity contribution in [1.29, 1.82) is 0 Å². The molecule has 24 heavy (non-hydrogen) atoms. The van der Waals surface area contributed by atoms with Crippen molar-refractivity contribution in [2.75, 3.05) is 32.7 Å². The fourth-order valence-corrected chi connectivity index (χ4v) is 3.69. The predicted molar refractivity (Wildman–Crippen MR) is 89.6 cm³/mol.